The van der Waals surface area contributed by atoms with Gasteiger partial charge >= 0.3 is 6.03 Å². The molecule has 18 heavy (non-hydrogen) atoms. The number of aliphatic hydroxyl groups excluding tert-OH is 1. The molecule has 0 radical (unpaired) electrons. The first-order chi connectivity index (χ1) is 8.66. The van der Waals surface area contributed by atoms with Gasteiger partial charge in [0.25, 0.3) is 0 Å². The maximum absolute atomic E-state index is 11.3. The Kier molecular flexibility index (Phi) is 4.04. The molecule has 0 unspecified atom stereocenters. The first kappa shape index (κ1) is 12.7. The van der Waals surface area contributed by atoms with Crippen LogP contribution < -0.4 is 10.1 Å². The third-order valence-electron chi connectivity index (χ3n) is 2.92. The number of ether oxygens (including phenoxy) is 1. The number of carbonyl (C=O) groups is 1. The van der Waals surface area contributed by atoms with Gasteiger partial charge in [0.2, 0.25) is 0 Å². The van der Waals surface area contributed by atoms with Crippen molar-refractivity contribution in [3.8, 4) is 5.75 Å². The summed E-state index contributed by atoms with van der Waals surface area (Å²) in [6.07, 6.45) is -0.502. The molecule has 2 N–H and O–H groups in total. The molecule has 5 nitrogen and oxygen atoms in total. The SMILES string of the molecule is C[C@@H](O)c1cccc(OCCN2CCNC2=O)c1. The van der Waals surface area contributed by atoms with E-state index in [9.17, 15) is 9.90 Å². The van der Waals surface area contributed by atoms with Crippen LogP contribution in [0.5, 0.6) is 5.75 Å². The van der Waals surface area contributed by atoms with Crippen molar-refractivity contribution in [3.05, 3.63) is 29.8 Å². The minimum atomic E-state index is -0.502. The molecule has 5 heteroatoms. The highest BCUT2D eigenvalue weighted by Crippen LogP contribution is 2.18. The highest BCUT2D eigenvalue weighted by molar-refractivity contribution is 5.76. The Balaban J connectivity index is 1.82. The van der Waals surface area contributed by atoms with Crippen LogP contribution in [-0.2, 0) is 0 Å². The van der Waals surface area contributed by atoms with Gasteiger partial charge in [0.05, 0.1) is 12.6 Å². The molecule has 0 aromatic heterocycles. The summed E-state index contributed by atoms with van der Waals surface area (Å²) in [6, 6.07) is 7.33. The zero-order chi connectivity index (χ0) is 13.0. The molecule has 1 fully saturated rings. The van der Waals surface area contributed by atoms with E-state index < -0.39 is 6.10 Å². The number of urea groups is 1. The van der Waals surface area contributed by atoms with Gasteiger partial charge in [-0.1, -0.05) is 12.1 Å². The Hall–Kier alpha value is -1.75. The normalized spacial score (nSPS) is 16.6. The lowest BCUT2D eigenvalue weighted by Crippen LogP contribution is -2.31. The number of nitrogens with one attached hydrogen (secondary N) is 1. The second-order valence-corrected chi connectivity index (χ2v) is 4.32. The summed E-state index contributed by atoms with van der Waals surface area (Å²) in [5, 5.41) is 12.2. The minimum absolute atomic E-state index is 0.0312. The lowest BCUT2D eigenvalue weighted by atomic mass is 10.1. The van der Waals surface area contributed by atoms with E-state index in [0.717, 1.165) is 12.1 Å². The van der Waals surface area contributed by atoms with Gasteiger partial charge in [0.15, 0.2) is 0 Å². The predicted molar refractivity (Wildman–Crippen MR) is 67.5 cm³/mol. The first-order valence-corrected chi connectivity index (χ1v) is 6.10. The number of hydrogen-bond acceptors (Lipinski definition) is 3. The van der Waals surface area contributed by atoms with E-state index in [2.05, 4.69) is 5.32 Å². The monoisotopic (exact) mass is 250 g/mol. The molecule has 1 aliphatic heterocycles. The predicted octanol–water partition coefficient (Wildman–Crippen LogP) is 1.14. The number of hydrogen-bond donors (Lipinski definition) is 2. The maximum atomic E-state index is 11.3. The van der Waals surface area contributed by atoms with Crippen molar-refractivity contribution in [2.24, 2.45) is 0 Å². The van der Waals surface area contributed by atoms with Gasteiger partial charge in [-0.2, -0.15) is 0 Å². The molecule has 1 aliphatic rings. The fraction of sp³-hybridized carbons (Fsp3) is 0.462. The summed E-state index contributed by atoms with van der Waals surface area (Å²) in [7, 11) is 0. The highest BCUT2D eigenvalue weighted by atomic mass is 16.5. The molecule has 1 heterocycles. The van der Waals surface area contributed by atoms with Crippen LogP contribution >= 0.6 is 0 Å². The first-order valence-electron chi connectivity index (χ1n) is 6.10. The number of carbonyl (C=O) groups excluding carboxylic acids is 1. The average Bonchev–Trinajstić information content (AvgIpc) is 2.76. The molecule has 2 rings (SSSR count). The number of benzene rings is 1. The van der Waals surface area contributed by atoms with Crippen LogP contribution in [0.2, 0.25) is 0 Å². The second kappa shape index (κ2) is 5.73. The third kappa shape index (κ3) is 3.13. The lowest BCUT2D eigenvalue weighted by Gasteiger charge is -2.15. The second-order valence-electron chi connectivity index (χ2n) is 4.32. The summed E-state index contributed by atoms with van der Waals surface area (Å²) in [4.78, 5) is 13.0. The maximum Gasteiger partial charge on any atom is 0.317 e. The van der Waals surface area contributed by atoms with Crippen LogP contribution in [-0.4, -0.2) is 42.3 Å². The molecule has 1 aromatic carbocycles. The molecular formula is C13H18N2O3. The standard InChI is InChI=1S/C13H18N2O3/c1-10(16)11-3-2-4-12(9-11)18-8-7-15-6-5-14-13(15)17/h2-4,9-10,16H,5-8H2,1H3,(H,14,17)/t10-/m1/s1. The Bertz CT molecular complexity index is 420. The zero-order valence-electron chi connectivity index (χ0n) is 10.4. The van der Waals surface area contributed by atoms with E-state index >= 15 is 0 Å². The van der Waals surface area contributed by atoms with Gasteiger partial charge in [-0.05, 0) is 24.6 Å². The molecule has 98 valence electrons. The fourth-order valence-corrected chi connectivity index (χ4v) is 1.86. The number of amides is 2. The van der Waals surface area contributed by atoms with Crippen LogP contribution in [0.15, 0.2) is 24.3 Å². The number of rotatable bonds is 5. The van der Waals surface area contributed by atoms with Crippen molar-refractivity contribution in [2.75, 3.05) is 26.2 Å². The molecule has 2 amide bonds. The van der Waals surface area contributed by atoms with Gasteiger partial charge in [-0.25, -0.2) is 4.79 Å². The topological polar surface area (TPSA) is 61.8 Å². The van der Waals surface area contributed by atoms with Crippen molar-refractivity contribution in [1.29, 1.82) is 0 Å². The van der Waals surface area contributed by atoms with E-state index in [-0.39, 0.29) is 6.03 Å². The summed E-state index contributed by atoms with van der Waals surface area (Å²) >= 11 is 0. The molecule has 0 bridgehead atoms. The van der Waals surface area contributed by atoms with Crippen LogP contribution in [0.3, 0.4) is 0 Å². The number of aliphatic hydroxyl groups is 1. The van der Waals surface area contributed by atoms with Gasteiger partial charge in [-0.15, -0.1) is 0 Å². The van der Waals surface area contributed by atoms with E-state index in [1.54, 1.807) is 11.8 Å². The molecule has 1 aromatic rings. The Morgan fingerprint density at radius 2 is 2.39 bits per heavy atom. The lowest BCUT2D eigenvalue weighted by molar-refractivity contribution is 0.196. The van der Waals surface area contributed by atoms with Crippen LogP contribution in [0.25, 0.3) is 0 Å². The van der Waals surface area contributed by atoms with Gasteiger partial charge in [-0.3, -0.25) is 0 Å². The quantitative estimate of drug-likeness (QED) is 0.824. The van der Waals surface area contributed by atoms with E-state index in [1.807, 2.05) is 24.3 Å². The Labute approximate surface area is 106 Å². The highest BCUT2D eigenvalue weighted by Gasteiger charge is 2.18. The van der Waals surface area contributed by atoms with E-state index in [1.165, 1.54) is 0 Å². The summed E-state index contributed by atoms with van der Waals surface area (Å²) in [6.45, 7) is 4.18. The fourth-order valence-electron chi connectivity index (χ4n) is 1.86. The van der Waals surface area contributed by atoms with Gasteiger partial charge in [0, 0.05) is 13.1 Å². The van der Waals surface area contributed by atoms with Crippen molar-refractivity contribution >= 4 is 6.03 Å². The van der Waals surface area contributed by atoms with Gasteiger partial charge < -0.3 is 20.1 Å². The Morgan fingerprint density at radius 3 is 3.06 bits per heavy atom. The molecule has 1 saturated heterocycles. The van der Waals surface area contributed by atoms with Crippen molar-refractivity contribution in [1.82, 2.24) is 10.2 Å². The third-order valence-corrected chi connectivity index (χ3v) is 2.92. The van der Waals surface area contributed by atoms with Crippen LogP contribution in [0, 0.1) is 0 Å². The van der Waals surface area contributed by atoms with Gasteiger partial charge in [0.1, 0.15) is 12.4 Å². The Morgan fingerprint density at radius 1 is 1.56 bits per heavy atom. The molecule has 0 saturated carbocycles. The van der Waals surface area contributed by atoms with Crippen molar-refractivity contribution in [2.45, 2.75) is 13.0 Å². The summed E-state index contributed by atoms with van der Waals surface area (Å²) in [5.41, 5.74) is 0.825. The molecule has 0 aliphatic carbocycles. The van der Waals surface area contributed by atoms with Crippen molar-refractivity contribution < 1.29 is 14.6 Å². The molecule has 0 spiro atoms. The summed E-state index contributed by atoms with van der Waals surface area (Å²) in [5.74, 6) is 0.716. The minimum Gasteiger partial charge on any atom is -0.492 e. The largest absolute Gasteiger partial charge is 0.492 e. The average molecular weight is 250 g/mol. The van der Waals surface area contributed by atoms with Crippen molar-refractivity contribution in [3.63, 3.8) is 0 Å². The molecule has 1 atom stereocenters. The van der Waals surface area contributed by atoms with Crippen LogP contribution in [0.1, 0.15) is 18.6 Å². The molecular weight excluding hydrogens is 232 g/mol. The van der Waals surface area contributed by atoms with E-state index in [0.29, 0.717) is 25.4 Å². The smallest absolute Gasteiger partial charge is 0.317 e. The zero-order valence-corrected chi connectivity index (χ0v) is 10.4. The number of nitrogens with zero attached hydrogens (tertiary/aromatic N) is 1. The van der Waals surface area contributed by atoms with E-state index in [4.69, 9.17) is 4.74 Å². The van der Waals surface area contributed by atoms with Crippen LogP contribution in [0.4, 0.5) is 4.79 Å². The summed E-state index contributed by atoms with van der Waals surface area (Å²) < 4.78 is 5.57.